The molecule has 0 bridgehead atoms. The molecule has 32 heteroatoms. The third kappa shape index (κ3) is 21.5. The lowest BCUT2D eigenvalue weighted by Gasteiger charge is -2.33. The molecule has 0 amide bonds. The van der Waals surface area contributed by atoms with Gasteiger partial charge in [0.25, 0.3) is 27.8 Å². The highest BCUT2D eigenvalue weighted by Gasteiger charge is 2.38. The Morgan fingerprint density at radius 3 is 1.32 bits per heavy atom. The lowest BCUT2D eigenvalue weighted by Crippen LogP contribution is -2.49. The van der Waals surface area contributed by atoms with Gasteiger partial charge in [0.2, 0.25) is 0 Å². The van der Waals surface area contributed by atoms with Crippen LogP contribution >= 0.6 is 0 Å². The zero-order valence-electron chi connectivity index (χ0n) is 80.7. The van der Waals surface area contributed by atoms with E-state index >= 15 is 0 Å². The molecule has 3 atom stereocenters. The molecule has 5 fully saturated rings. The SMILES string of the molecule is COc1ccc(-c2cc(=O)n3cc(C4=CCN(C)CC4)cc(C)c3n2)cc1F.COc1ccc(-c2cc(=O)n3cc(N4CCN[C@H](C)C4)cc(C)c3n2)cc1OC.COc1ccc(-c2cc(=O)n3cc(N4C[C@H]5CCCN(C)[C@H]5C4)ccc3n2)cc1F.COc1ccc(-c2ccc3nc(C4CCN(C)CC4)cc(=O)n3c2)cc1F.COc1ccc(-c2ccc3nc(C4CCNCC4)cc(=O)n3c2)cc1F. The Balaban J connectivity index is 0.000000121. The van der Waals surface area contributed by atoms with Crippen LogP contribution in [0.1, 0.15) is 91.8 Å². The lowest BCUT2D eigenvalue weighted by atomic mass is 9.93. The number of benzene rings is 5. The van der Waals surface area contributed by atoms with Crippen LogP contribution in [-0.4, -0.2) is 216 Å². The van der Waals surface area contributed by atoms with Crippen LogP contribution in [0.5, 0.6) is 34.5 Å². The van der Waals surface area contributed by atoms with E-state index in [9.17, 15) is 41.5 Å². The molecule has 28 nitrogen and oxygen atoms in total. The first-order chi connectivity index (χ1) is 67.7. The summed E-state index contributed by atoms with van der Waals surface area (Å²) in [5, 5.41) is 6.77. The van der Waals surface area contributed by atoms with E-state index in [2.05, 4.69) is 96.4 Å². The van der Waals surface area contributed by atoms with E-state index in [1.54, 1.807) is 100 Å². The average molecular weight is 1900 g/mol. The number of pyridine rings is 5. The minimum absolute atomic E-state index is 0.104. The van der Waals surface area contributed by atoms with Crippen LogP contribution in [0.15, 0.2) is 231 Å². The van der Waals surface area contributed by atoms with E-state index in [-0.39, 0.29) is 50.8 Å². The van der Waals surface area contributed by atoms with Gasteiger partial charge in [-0.15, -0.1) is 0 Å². The number of nitrogens with one attached hydrogen (secondary N) is 2. The number of piperazine rings is 1. The zero-order chi connectivity index (χ0) is 98.3. The first-order valence-electron chi connectivity index (χ1n) is 47.2. The van der Waals surface area contributed by atoms with E-state index in [4.69, 9.17) is 38.4 Å². The number of hydrogen-bond acceptors (Lipinski definition) is 23. The third-order valence-electron chi connectivity index (χ3n) is 27.3. The smallest absolute Gasteiger partial charge is 0.258 e. The summed E-state index contributed by atoms with van der Waals surface area (Å²) >= 11 is 0. The van der Waals surface area contributed by atoms with Crippen LogP contribution in [0.2, 0.25) is 0 Å². The van der Waals surface area contributed by atoms with E-state index in [1.807, 2.05) is 87.0 Å². The Hall–Kier alpha value is -14.4. The van der Waals surface area contributed by atoms with Crippen molar-refractivity contribution in [3.05, 3.63) is 310 Å². The highest BCUT2D eigenvalue weighted by atomic mass is 19.1. The maximum atomic E-state index is 14.1. The molecule has 21 rings (SSSR count). The van der Waals surface area contributed by atoms with Gasteiger partial charge < -0.3 is 63.6 Å². The van der Waals surface area contributed by atoms with Gasteiger partial charge in [-0.3, -0.25) is 46.0 Å². The Kier molecular flexibility index (Phi) is 29.8. The van der Waals surface area contributed by atoms with Crippen molar-refractivity contribution in [2.45, 2.75) is 89.6 Å². The van der Waals surface area contributed by atoms with Crippen molar-refractivity contribution in [1.82, 2.24) is 72.3 Å². The second kappa shape index (κ2) is 42.9. The number of nitrogens with zero attached hydrogens (tertiary/aromatic N) is 15. The summed E-state index contributed by atoms with van der Waals surface area (Å²) in [6.07, 6.45) is 18.7. The van der Waals surface area contributed by atoms with Gasteiger partial charge >= 0.3 is 0 Å². The summed E-state index contributed by atoms with van der Waals surface area (Å²) < 4.78 is 94.5. The topological polar surface area (TPSA) is 267 Å². The summed E-state index contributed by atoms with van der Waals surface area (Å²) in [5.41, 5.74) is 16.6. The van der Waals surface area contributed by atoms with Gasteiger partial charge in [-0.05, 0) is 297 Å². The van der Waals surface area contributed by atoms with E-state index in [0.29, 0.717) is 109 Å². The first-order valence-corrected chi connectivity index (χ1v) is 47.2. The lowest BCUT2D eigenvalue weighted by molar-refractivity contribution is 0.158. The number of aromatic nitrogens is 10. The molecule has 0 spiro atoms. The number of anilines is 2. The van der Waals surface area contributed by atoms with Crippen LogP contribution in [0.25, 0.3) is 89.8 Å². The van der Waals surface area contributed by atoms with Crippen molar-refractivity contribution in [2.24, 2.45) is 5.92 Å². The third-order valence-corrected chi connectivity index (χ3v) is 27.3. The van der Waals surface area contributed by atoms with E-state index < -0.39 is 23.3 Å². The summed E-state index contributed by atoms with van der Waals surface area (Å²) in [4.78, 5) is 98.9. The van der Waals surface area contributed by atoms with Crippen molar-refractivity contribution in [2.75, 3.05) is 152 Å². The maximum Gasteiger partial charge on any atom is 0.258 e. The molecule has 0 radical (unpaired) electrons. The molecule has 2 N–H and O–H groups in total. The molecule has 140 heavy (non-hydrogen) atoms. The van der Waals surface area contributed by atoms with Gasteiger partial charge in [-0.2, -0.15) is 0 Å². The fraction of sp³-hybridized carbons (Fsp3) is 0.333. The molecule has 16 heterocycles. The number of halogens is 4. The molecule has 0 saturated carbocycles. The number of methoxy groups -OCH3 is 6. The minimum atomic E-state index is -0.483. The molecule has 0 unspecified atom stereocenters. The Morgan fingerprint density at radius 2 is 0.807 bits per heavy atom. The number of likely N-dealkylation sites (N-methyl/N-ethyl adjacent to an activating group) is 2. The molecule has 726 valence electrons. The number of piperidine rings is 3. The summed E-state index contributed by atoms with van der Waals surface area (Å²) in [6, 6.07) is 48.4. The largest absolute Gasteiger partial charge is 0.494 e. The quantitative estimate of drug-likeness (QED) is 0.0851. The van der Waals surface area contributed by atoms with Crippen LogP contribution < -0.4 is 76.7 Å². The molecular weight excluding hydrogens is 1790 g/mol. The number of likely N-dealkylation sites (tertiary alicyclic amines) is 2. The Bertz CT molecular complexity index is 7500. The highest BCUT2D eigenvalue weighted by molar-refractivity contribution is 5.73. The van der Waals surface area contributed by atoms with Crippen LogP contribution in [0.4, 0.5) is 28.9 Å². The Labute approximate surface area is 807 Å². The summed E-state index contributed by atoms with van der Waals surface area (Å²) in [6.45, 7) is 17.9. The highest BCUT2D eigenvalue weighted by Crippen LogP contribution is 2.38. The molecule has 6 aliphatic rings. The first kappa shape index (κ1) is 97.2. The normalized spacial score (nSPS) is 17.1. The second-order valence-corrected chi connectivity index (χ2v) is 36.5. The number of rotatable bonds is 16. The van der Waals surface area contributed by atoms with Gasteiger partial charge in [0.05, 0.1) is 82.5 Å². The fourth-order valence-corrected chi connectivity index (χ4v) is 19.4. The van der Waals surface area contributed by atoms with Gasteiger partial charge in [0.15, 0.2) is 57.8 Å². The molecule has 5 saturated heterocycles. The number of aryl methyl sites for hydroxylation is 2. The number of ether oxygens (including phenoxy) is 6. The summed E-state index contributed by atoms with van der Waals surface area (Å²) in [5.74, 6) is 1.46. The Morgan fingerprint density at radius 1 is 0.364 bits per heavy atom. The van der Waals surface area contributed by atoms with E-state index in [1.165, 1.54) is 98.1 Å². The average Bonchev–Trinajstić information content (AvgIpc) is 1.42. The van der Waals surface area contributed by atoms with Crippen LogP contribution in [-0.2, 0) is 0 Å². The van der Waals surface area contributed by atoms with Crippen molar-refractivity contribution < 1.29 is 46.0 Å². The van der Waals surface area contributed by atoms with Crippen molar-refractivity contribution >= 4 is 45.2 Å². The fourth-order valence-electron chi connectivity index (χ4n) is 19.4. The van der Waals surface area contributed by atoms with E-state index in [0.717, 1.165) is 167 Å². The molecule has 10 aromatic heterocycles. The predicted molar refractivity (Wildman–Crippen MR) is 539 cm³/mol. The summed E-state index contributed by atoms with van der Waals surface area (Å²) in [7, 11) is 15.3. The van der Waals surface area contributed by atoms with Crippen LogP contribution in [0.3, 0.4) is 0 Å². The van der Waals surface area contributed by atoms with Crippen molar-refractivity contribution in [1.29, 1.82) is 0 Å². The second-order valence-electron chi connectivity index (χ2n) is 36.5. The van der Waals surface area contributed by atoms with Crippen LogP contribution in [0, 0.1) is 43.0 Å². The molecule has 6 aliphatic heterocycles. The van der Waals surface area contributed by atoms with Crippen molar-refractivity contribution in [3.8, 4) is 90.5 Å². The monoisotopic (exact) mass is 1900 g/mol. The predicted octanol–water partition coefficient (Wildman–Crippen LogP) is 15.4. The maximum absolute atomic E-state index is 14.1. The molecular formula is C108H115F4N17O11. The van der Waals surface area contributed by atoms with Crippen molar-refractivity contribution in [3.63, 3.8) is 0 Å². The number of hydrogen-bond donors (Lipinski definition) is 2. The van der Waals surface area contributed by atoms with Gasteiger partial charge in [0, 0.05) is 148 Å². The van der Waals surface area contributed by atoms with Gasteiger partial charge in [-0.25, -0.2) is 42.5 Å². The number of fused-ring (bicyclic) bond motifs is 6. The molecule has 15 aromatic rings. The molecule has 0 aliphatic carbocycles. The molecule has 5 aromatic carbocycles. The van der Waals surface area contributed by atoms with Gasteiger partial charge in [-0.1, -0.05) is 18.2 Å². The van der Waals surface area contributed by atoms with Gasteiger partial charge in [0.1, 0.15) is 28.2 Å². The zero-order valence-corrected chi connectivity index (χ0v) is 80.7. The standard InChI is InChI=1S/C23H25FN4O2.C22H22FN3O2.C22H26N4O3.C21H22FN3O2.C20H20FN3O2/c1-26-9-3-4-16-12-27(14-20(16)26)17-6-8-22-25-19(11-23(29)28(22)13-17)15-5-7-21(30-2)18(24)10-15;1-14-10-17(15-6-8-25(2)9-7-15)13-26-21(27)12-19(24-22(14)26)16-4-5-20(28-3)18(23)11-16;1-14-9-17(25-8-7-23-15(2)12-25)13-26-21(27)11-18(24-22(14)26)16-5-6-19(28-3)20(10-16)29-4;1-24-9-7-14(8-10-24)18-12-21(26)25-13-16(4-6-20(25)23-18)15-3-5-19(27-2)17(22)11-15;1-26-18-4-2-14(10-16(18)21)15-3-5-19-23-17(11-20(25)24(19)12-15)13-6-8-22-9-7-13/h5-8,10-11,13,16,20H,3-4,9,12,14H2,1-2H3;4-6,10-13H,7-9H2,1-3H3;5-6,9-11,13,15,23H,7-8,12H2,1-4H3;3-6,11-14H,7-10H2,1-2H3;2-5,10-13,22H,6-9H2,1H3/t16-,20+;;15-;;/m1.1../s1. The minimum Gasteiger partial charge on any atom is -0.494 e.